The van der Waals surface area contributed by atoms with Gasteiger partial charge in [-0.05, 0) is 43.7 Å². The van der Waals surface area contributed by atoms with Crippen molar-refractivity contribution in [3.63, 3.8) is 0 Å². The smallest absolute Gasteiger partial charge is 0.270 e. The third kappa shape index (κ3) is 4.06. The van der Waals surface area contributed by atoms with Crippen LogP contribution in [-0.2, 0) is 7.05 Å². The van der Waals surface area contributed by atoms with E-state index in [0.29, 0.717) is 29.9 Å². The van der Waals surface area contributed by atoms with Crippen LogP contribution >= 0.6 is 0 Å². The van der Waals surface area contributed by atoms with Gasteiger partial charge in [0.1, 0.15) is 17.8 Å². The molecule has 0 radical (unpaired) electrons. The summed E-state index contributed by atoms with van der Waals surface area (Å²) < 4.78 is 20.4. The third-order valence-electron chi connectivity index (χ3n) is 6.77. The maximum absolute atomic E-state index is 13.6. The molecule has 178 valence electrons. The van der Waals surface area contributed by atoms with Gasteiger partial charge in [-0.15, -0.1) is 4.98 Å². The van der Waals surface area contributed by atoms with Gasteiger partial charge >= 0.3 is 0 Å². The van der Waals surface area contributed by atoms with Gasteiger partial charge in [-0.1, -0.05) is 23.9 Å². The fraction of sp³-hybridized carbons (Fsp3) is 0.308. The van der Waals surface area contributed by atoms with Crippen LogP contribution in [0.3, 0.4) is 0 Å². The number of aromatic nitrogens is 3. The number of rotatable bonds is 4. The molecule has 9 heteroatoms. The van der Waals surface area contributed by atoms with E-state index in [4.69, 9.17) is 11.1 Å². The minimum absolute atomic E-state index is 0.0229. The lowest BCUT2D eigenvalue weighted by Crippen LogP contribution is -2.57. The molecule has 0 spiro atoms. The Kier molecular flexibility index (Phi) is 5.83. The number of nitrogens with zero attached hydrogens (tertiary/aromatic N) is 6. The molecular formula is C26H25FN6O2. The van der Waals surface area contributed by atoms with Gasteiger partial charge in [-0.3, -0.25) is 9.69 Å². The molecule has 1 unspecified atom stereocenters. The third-order valence-corrected chi connectivity index (χ3v) is 6.77. The van der Waals surface area contributed by atoms with E-state index in [1.54, 1.807) is 48.2 Å². The van der Waals surface area contributed by atoms with Crippen molar-refractivity contribution < 1.29 is 8.91 Å². The van der Waals surface area contributed by atoms with E-state index in [1.807, 2.05) is 6.07 Å². The van der Waals surface area contributed by atoms with Crippen LogP contribution in [0.4, 0.5) is 15.9 Å². The zero-order valence-electron chi connectivity index (χ0n) is 19.7. The predicted molar refractivity (Wildman–Crippen MR) is 131 cm³/mol. The van der Waals surface area contributed by atoms with E-state index in [2.05, 4.69) is 38.6 Å². The minimum Gasteiger partial charge on any atom is -0.364 e. The molecule has 1 saturated heterocycles. The number of anilines is 1. The van der Waals surface area contributed by atoms with Crippen molar-refractivity contribution in [2.75, 3.05) is 18.0 Å². The summed E-state index contributed by atoms with van der Waals surface area (Å²) in [4.78, 5) is 25.3. The quantitative estimate of drug-likeness (QED) is 0.413. The molecule has 4 heterocycles. The number of hydrogen-bond acceptors (Lipinski definition) is 6. The van der Waals surface area contributed by atoms with E-state index in [9.17, 15) is 9.18 Å². The number of hydrogen-bond donors (Lipinski definition) is 0. The largest absolute Gasteiger partial charge is 0.364 e. The molecule has 0 N–H and O–H groups in total. The molecule has 1 aliphatic heterocycles. The number of fused-ring (bicyclic) bond motifs is 1. The number of piperazine rings is 1. The summed E-state index contributed by atoms with van der Waals surface area (Å²) in [6.07, 6.45) is 1.54. The molecule has 3 atom stereocenters. The van der Waals surface area contributed by atoms with Crippen molar-refractivity contribution in [2.24, 2.45) is 7.05 Å². The van der Waals surface area contributed by atoms with Crippen molar-refractivity contribution in [1.82, 2.24) is 19.6 Å². The van der Waals surface area contributed by atoms with Crippen LogP contribution in [0.2, 0.25) is 0 Å². The van der Waals surface area contributed by atoms with Gasteiger partial charge < -0.3 is 18.8 Å². The van der Waals surface area contributed by atoms with Gasteiger partial charge in [0.2, 0.25) is 5.52 Å². The maximum atomic E-state index is 13.6. The van der Waals surface area contributed by atoms with Crippen LogP contribution in [-0.4, -0.2) is 44.8 Å². The molecule has 3 aromatic heterocycles. The molecule has 1 fully saturated rings. The zero-order valence-corrected chi connectivity index (χ0v) is 19.7. The van der Waals surface area contributed by atoms with Crippen molar-refractivity contribution in [2.45, 2.75) is 32.0 Å². The highest BCUT2D eigenvalue weighted by molar-refractivity contribution is 5.89. The average molecular weight is 473 g/mol. The minimum atomic E-state index is -0.289. The molecule has 0 bridgehead atoms. The van der Waals surface area contributed by atoms with Gasteiger partial charge in [-0.2, -0.15) is 0 Å². The normalized spacial score (nSPS) is 19.6. The molecule has 0 saturated carbocycles. The summed E-state index contributed by atoms with van der Waals surface area (Å²) in [5.74, 6) is 0.00171. The van der Waals surface area contributed by atoms with E-state index in [-0.39, 0.29) is 29.5 Å². The highest BCUT2D eigenvalue weighted by atomic mass is 19.1. The maximum Gasteiger partial charge on any atom is 0.270 e. The monoisotopic (exact) mass is 472 g/mol. The molecule has 35 heavy (non-hydrogen) atoms. The topological polar surface area (TPSA) is 71.8 Å². The van der Waals surface area contributed by atoms with Gasteiger partial charge in [-0.25, -0.2) is 4.39 Å². The van der Waals surface area contributed by atoms with Crippen molar-refractivity contribution >= 4 is 22.5 Å². The van der Waals surface area contributed by atoms with Crippen molar-refractivity contribution in [3.8, 4) is 0 Å². The molecule has 5 rings (SSSR count). The Balaban J connectivity index is 1.54. The Morgan fingerprint density at radius 1 is 1.11 bits per heavy atom. The standard InChI is InChI=1S/C26H25FN6O2/c1-16-15-33(26(20-11-12-35-30-20)18-5-7-19(27)8-6-18)17(2)14-32(16)22-13-24(34)31(4)21-9-10-23(28-3)29-25(21)22/h5-13,16-17,26H,14-15H2,1-2,4H3/t16-,17+,26?/m0/s1. The zero-order chi connectivity index (χ0) is 24.7. The molecule has 8 nitrogen and oxygen atoms in total. The van der Waals surface area contributed by atoms with Gasteiger partial charge in [0.15, 0.2) is 0 Å². The van der Waals surface area contributed by atoms with Crippen LogP contribution in [0.5, 0.6) is 0 Å². The van der Waals surface area contributed by atoms with Crippen LogP contribution < -0.4 is 10.5 Å². The van der Waals surface area contributed by atoms with Gasteiger partial charge in [0.25, 0.3) is 11.4 Å². The molecule has 1 aromatic carbocycles. The average Bonchev–Trinajstić information content (AvgIpc) is 3.39. The number of halogens is 1. The molecule has 0 amide bonds. The van der Waals surface area contributed by atoms with Crippen LogP contribution in [0, 0.1) is 12.4 Å². The highest BCUT2D eigenvalue weighted by Crippen LogP contribution is 2.35. The first-order valence-corrected chi connectivity index (χ1v) is 11.4. The van der Waals surface area contributed by atoms with Crippen molar-refractivity contribution in [1.29, 1.82) is 0 Å². The molecule has 1 aliphatic rings. The first-order chi connectivity index (χ1) is 16.9. The van der Waals surface area contributed by atoms with Crippen LogP contribution in [0.15, 0.2) is 64.1 Å². The number of pyridine rings is 2. The second kappa shape index (κ2) is 8.96. The first kappa shape index (κ1) is 22.7. The Hall–Kier alpha value is -4.03. The lowest BCUT2D eigenvalue weighted by molar-refractivity contribution is 0.125. The van der Waals surface area contributed by atoms with E-state index >= 15 is 0 Å². The second-order valence-corrected chi connectivity index (χ2v) is 9.00. The van der Waals surface area contributed by atoms with Crippen LogP contribution in [0.25, 0.3) is 15.9 Å². The summed E-state index contributed by atoms with van der Waals surface area (Å²) in [7, 11) is 1.71. The summed E-state index contributed by atoms with van der Waals surface area (Å²) in [5, 5.41) is 4.20. The summed E-state index contributed by atoms with van der Waals surface area (Å²) >= 11 is 0. The van der Waals surface area contributed by atoms with E-state index in [0.717, 1.165) is 16.9 Å². The van der Waals surface area contributed by atoms with Crippen molar-refractivity contribution in [3.05, 3.63) is 93.6 Å². The van der Waals surface area contributed by atoms with Gasteiger partial charge in [0, 0.05) is 44.4 Å². The second-order valence-electron chi connectivity index (χ2n) is 9.00. The highest BCUT2D eigenvalue weighted by Gasteiger charge is 2.37. The van der Waals surface area contributed by atoms with E-state index in [1.165, 1.54) is 12.1 Å². The Morgan fingerprint density at radius 2 is 1.89 bits per heavy atom. The summed E-state index contributed by atoms with van der Waals surface area (Å²) in [6, 6.07) is 13.2. The number of benzene rings is 1. The predicted octanol–water partition coefficient (Wildman–Crippen LogP) is 4.30. The fourth-order valence-electron chi connectivity index (χ4n) is 4.97. The Labute approximate surface area is 202 Å². The van der Waals surface area contributed by atoms with E-state index < -0.39 is 0 Å². The fourth-order valence-corrected chi connectivity index (χ4v) is 4.97. The SMILES string of the molecule is [C-]#[N+]c1ccc2c(n1)c(N1C[C@@H](C)N(C(c3ccc(F)cc3)c3ccon3)C[C@@H]1C)cc(=O)n2C. The molecule has 4 aromatic rings. The lowest BCUT2D eigenvalue weighted by atomic mass is 9.96. The van der Waals surface area contributed by atoms with Crippen LogP contribution in [0.1, 0.15) is 31.1 Å². The Morgan fingerprint density at radius 3 is 2.57 bits per heavy atom. The number of aryl methyl sites for hydroxylation is 1. The summed E-state index contributed by atoms with van der Waals surface area (Å²) in [5.41, 5.74) is 3.61. The van der Waals surface area contributed by atoms with Gasteiger partial charge in [0.05, 0.1) is 17.2 Å². The lowest BCUT2D eigenvalue weighted by Gasteiger charge is -2.47. The summed E-state index contributed by atoms with van der Waals surface area (Å²) in [6.45, 7) is 12.9. The Bertz CT molecular complexity index is 1460. The first-order valence-electron chi connectivity index (χ1n) is 11.4. The molecule has 0 aliphatic carbocycles. The molecular weight excluding hydrogens is 447 g/mol.